The Labute approximate surface area is 131 Å². The summed E-state index contributed by atoms with van der Waals surface area (Å²) in [5.74, 6) is -1.31. The van der Waals surface area contributed by atoms with E-state index in [2.05, 4.69) is 15.6 Å². The minimum atomic E-state index is -0.667. The molecular weight excluding hydrogens is 308 g/mol. The molecule has 1 aromatic heterocycles. The molecule has 0 saturated heterocycles. The molecule has 0 bridgehead atoms. The fourth-order valence-electron chi connectivity index (χ4n) is 2.09. The zero-order valence-corrected chi connectivity index (χ0v) is 13.1. The van der Waals surface area contributed by atoms with Crippen molar-refractivity contribution in [1.82, 2.24) is 15.6 Å². The van der Waals surface area contributed by atoms with Crippen molar-refractivity contribution < 1.29 is 13.6 Å². The topological polar surface area (TPSA) is 54.0 Å². The van der Waals surface area contributed by atoms with Crippen molar-refractivity contribution in [2.45, 2.75) is 32.4 Å². The van der Waals surface area contributed by atoms with Crippen molar-refractivity contribution in [3.8, 4) is 0 Å². The van der Waals surface area contributed by atoms with Gasteiger partial charge in [0.25, 0.3) is 0 Å². The maximum atomic E-state index is 13.8. The Bertz CT molecular complexity index is 634. The highest BCUT2D eigenvalue weighted by molar-refractivity contribution is 7.09. The van der Waals surface area contributed by atoms with E-state index in [-0.39, 0.29) is 11.6 Å². The summed E-state index contributed by atoms with van der Waals surface area (Å²) < 4.78 is 26.8. The molecule has 118 valence electrons. The molecule has 0 fully saturated rings. The lowest BCUT2D eigenvalue weighted by Gasteiger charge is -2.20. The van der Waals surface area contributed by atoms with Gasteiger partial charge >= 0.3 is 6.03 Å². The van der Waals surface area contributed by atoms with E-state index in [1.54, 1.807) is 6.20 Å². The van der Waals surface area contributed by atoms with Gasteiger partial charge in [-0.05, 0) is 19.4 Å². The summed E-state index contributed by atoms with van der Waals surface area (Å²) in [6.45, 7) is 3.63. The van der Waals surface area contributed by atoms with Crippen LogP contribution >= 0.6 is 11.3 Å². The molecule has 0 aliphatic rings. The van der Waals surface area contributed by atoms with Crippen LogP contribution < -0.4 is 10.6 Å². The van der Waals surface area contributed by atoms with Crippen LogP contribution in [0.1, 0.15) is 42.9 Å². The molecule has 0 unspecified atom stereocenters. The first kappa shape index (κ1) is 16.4. The molecule has 1 aromatic carbocycles. The number of carbonyl (C=O) groups excluding carboxylic acids is 1. The summed E-state index contributed by atoms with van der Waals surface area (Å²) in [4.78, 5) is 16.2. The predicted molar refractivity (Wildman–Crippen MR) is 81.6 cm³/mol. The number of benzene rings is 1. The summed E-state index contributed by atoms with van der Waals surface area (Å²) >= 11 is 1.44. The van der Waals surface area contributed by atoms with Crippen molar-refractivity contribution in [2.75, 3.05) is 0 Å². The third kappa shape index (κ3) is 4.00. The van der Waals surface area contributed by atoms with E-state index in [0.717, 1.165) is 11.1 Å². The largest absolute Gasteiger partial charge is 0.331 e. The number of nitrogens with zero attached hydrogens (tertiary/aromatic N) is 1. The highest BCUT2D eigenvalue weighted by Gasteiger charge is 2.18. The molecule has 2 N–H and O–H groups in total. The van der Waals surface area contributed by atoms with Crippen LogP contribution in [-0.4, -0.2) is 11.0 Å². The Hall–Kier alpha value is -2.02. The zero-order valence-electron chi connectivity index (χ0n) is 12.3. The van der Waals surface area contributed by atoms with Gasteiger partial charge in [0.1, 0.15) is 16.6 Å². The standard InChI is InChI=1S/C15H17F2N3OS/c1-3-13(11-5-4-10(16)8-12(11)17)20-15(21)19-9(2)14-18-6-7-22-14/h4-9,13H,3H2,1-2H3,(H2,19,20,21)/t9-,13+/m0/s1. The number of hydrogen-bond donors (Lipinski definition) is 2. The van der Waals surface area contributed by atoms with Crippen LogP contribution in [0.5, 0.6) is 0 Å². The third-order valence-electron chi connectivity index (χ3n) is 3.22. The average Bonchev–Trinajstić information content (AvgIpc) is 2.99. The minimum absolute atomic E-state index is 0.240. The van der Waals surface area contributed by atoms with Gasteiger partial charge in [0.15, 0.2) is 0 Å². The quantitative estimate of drug-likeness (QED) is 0.875. The summed E-state index contributed by atoms with van der Waals surface area (Å²) in [5, 5.41) is 8.07. The molecule has 2 atom stereocenters. The highest BCUT2D eigenvalue weighted by atomic mass is 32.1. The maximum absolute atomic E-state index is 13.8. The van der Waals surface area contributed by atoms with Gasteiger partial charge in [-0.1, -0.05) is 13.0 Å². The third-order valence-corrected chi connectivity index (χ3v) is 4.18. The number of nitrogens with one attached hydrogen (secondary N) is 2. The van der Waals surface area contributed by atoms with E-state index in [9.17, 15) is 13.6 Å². The van der Waals surface area contributed by atoms with Crippen molar-refractivity contribution in [2.24, 2.45) is 0 Å². The van der Waals surface area contributed by atoms with Crippen molar-refractivity contribution in [3.63, 3.8) is 0 Å². The van der Waals surface area contributed by atoms with E-state index in [1.807, 2.05) is 19.2 Å². The number of aromatic nitrogens is 1. The first-order valence-corrected chi connectivity index (χ1v) is 7.80. The number of hydrogen-bond acceptors (Lipinski definition) is 3. The second kappa shape index (κ2) is 7.31. The Kier molecular flexibility index (Phi) is 5.43. The van der Waals surface area contributed by atoms with Gasteiger partial charge in [0.05, 0.1) is 12.1 Å². The van der Waals surface area contributed by atoms with Gasteiger partial charge < -0.3 is 10.6 Å². The molecular formula is C15H17F2N3OS. The number of thiazole rings is 1. The first-order chi connectivity index (χ1) is 10.5. The lowest BCUT2D eigenvalue weighted by Crippen LogP contribution is -2.39. The van der Waals surface area contributed by atoms with E-state index in [0.29, 0.717) is 6.42 Å². The first-order valence-electron chi connectivity index (χ1n) is 6.92. The molecule has 7 heteroatoms. The van der Waals surface area contributed by atoms with Crippen LogP contribution in [0.15, 0.2) is 29.8 Å². The lowest BCUT2D eigenvalue weighted by molar-refractivity contribution is 0.233. The lowest BCUT2D eigenvalue weighted by atomic mass is 10.0. The Balaban J connectivity index is 2.02. The summed E-state index contributed by atoms with van der Waals surface area (Å²) in [6.07, 6.45) is 2.15. The fraction of sp³-hybridized carbons (Fsp3) is 0.333. The van der Waals surface area contributed by atoms with E-state index >= 15 is 0 Å². The van der Waals surface area contributed by atoms with Crippen molar-refractivity contribution >= 4 is 17.4 Å². The number of rotatable bonds is 5. The van der Waals surface area contributed by atoms with E-state index in [1.165, 1.54) is 23.5 Å². The molecule has 22 heavy (non-hydrogen) atoms. The maximum Gasteiger partial charge on any atom is 0.315 e. The Morgan fingerprint density at radius 3 is 2.73 bits per heavy atom. The fourth-order valence-corrected chi connectivity index (χ4v) is 2.74. The smallest absolute Gasteiger partial charge is 0.315 e. The van der Waals surface area contributed by atoms with Crippen LogP contribution in [-0.2, 0) is 0 Å². The second-order valence-electron chi connectivity index (χ2n) is 4.84. The molecule has 2 aromatic rings. The Morgan fingerprint density at radius 2 is 2.14 bits per heavy atom. The molecule has 2 rings (SSSR count). The normalized spacial score (nSPS) is 13.5. The molecule has 1 heterocycles. The van der Waals surface area contributed by atoms with Crippen LogP contribution in [0.4, 0.5) is 13.6 Å². The molecule has 0 spiro atoms. The van der Waals surface area contributed by atoms with Gasteiger partial charge in [-0.15, -0.1) is 11.3 Å². The second-order valence-corrected chi connectivity index (χ2v) is 5.76. The molecule has 0 radical (unpaired) electrons. The van der Waals surface area contributed by atoms with Gasteiger partial charge in [-0.3, -0.25) is 0 Å². The number of amides is 2. The van der Waals surface area contributed by atoms with E-state index < -0.39 is 23.7 Å². The van der Waals surface area contributed by atoms with E-state index in [4.69, 9.17) is 0 Å². The number of urea groups is 1. The molecule has 0 saturated carbocycles. The van der Waals surface area contributed by atoms with Crippen molar-refractivity contribution in [1.29, 1.82) is 0 Å². The van der Waals surface area contributed by atoms with Gasteiger partial charge in [0.2, 0.25) is 0 Å². The van der Waals surface area contributed by atoms with Crippen LogP contribution in [0.25, 0.3) is 0 Å². The molecule has 4 nitrogen and oxygen atoms in total. The zero-order chi connectivity index (χ0) is 16.1. The molecule has 0 aliphatic heterocycles. The SMILES string of the molecule is CC[C@@H](NC(=O)N[C@@H](C)c1nccs1)c1ccc(F)cc1F. The monoisotopic (exact) mass is 325 g/mol. The molecule has 2 amide bonds. The van der Waals surface area contributed by atoms with Crippen LogP contribution in [0, 0.1) is 11.6 Å². The van der Waals surface area contributed by atoms with Gasteiger partial charge in [-0.25, -0.2) is 18.6 Å². The highest BCUT2D eigenvalue weighted by Crippen LogP contribution is 2.21. The average molecular weight is 325 g/mol. The number of carbonyl (C=O) groups is 1. The summed E-state index contributed by atoms with van der Waals surface area (Å²) in [6, 6.07) is 2.16. The summed E-state index contributed by atoms with van der Waals surface area (Å²) in [7, 11) is 0. The predicted octanol–water partition coefficient (Wildman–Crippen LogP) is 3.93. The number of halogens is 2. The van der Waals surface area contributed by atoms with Gasteiger partial charge in [0, 0.05) is 23.2 Å². The molecule has 0 aliphatic carbocycles. The minimum Gasteiger partial charge on any atom is -0.331 e. The van der Waals surface area contributed by atoms with Gasteiger partial charge in [-0.2, -0.15) is 0 Å². The van der Waals surface area contributed by atoms with Crippen LogP contribution in [0.2, 0.25) is 0 Å². The van der Waals surface area contributed by atoms with Crippen molar-refractivity contribution in [3.05, 3.63) is 52.0 Å². The van der Waals surface area contributed by atoms with Crippen LogP contribution in [0.3, 0.4) is 0 Å². The Morgan fingerprint density at radius 1 is 1.36 bits per heavy atom. The summed E-state index contributed by atoms with van der Waals surface area (Å²) in [5.41, 5.74) is 0.265.